The molecule has 0 spiro atoms. The summed E-state index contributed by atoms with van der Waals surface area (Å²) in [4.78, 5) is 15.5. The topological polar surface area (TPSA) is 56.0 Å². The van der Waals surface area contributed by atoms with Gasteiger partial charge in [-0.3, -0.25) is 4.79 Å². The first-order valence-electron chi connectivity index (χ1n) is 4.16. The molecule has 1 heterocycles. The first-order chi connectivity index (χ1) is 5.97. The molecule has 3 nitrogen and oxygen atoms in total. The van der Waals surface area contributed by atoms with Crippen LogP contribution >= 0.6 is 11.3 Å². The monoisotopic (exact) mass is 198 g/mol. The summed E-state index contributed by atoms with van der Waals surface area (Å²) in [6.07, 6.45) is 2.53. The molecule has 0 unspecified atom stereocenters. The Morgan fingerprint density at radius 3 is 2.85 bits per heavy atom. The second-order valence-corrected chi connectivity index (χ2v) is 4.79. The second kappa shape index (κ2) is 3.98. The Morgan fingerprint density at radius 2 is 2.38 bits per heavy atom. The predicted octanol–water partition coefficient (Wildman–Crippen LogP) is 1.38. The van der Waals surface area contributed by atoms with Crippen LogP contribution in [0.5, 0.6) is 0 Å². The largest absolute Gasteiger partial charge is 0.325 e. The van der Waals surface area contributed by atoms with E-state index in [1.165, 1.54) is 11.3 Å². The Hall–Kier alpha value is -0.740. The quantitative estimate of drug-likeness (QED) is 0.795. The Kier molecular flexibility index (Phi) is 3.17. The van der Waals surface area contributed by atoms with Gasteiger partial charge in [0.2, 0.25) is 0 Å². The lowest BCUT2D eigenvalue weighted by molar-refractivity contribution is -0.119. The van der Waals surface area contributed by atoms with Crippen molar-refractivity contribution in [2.24, 2.45) is 5.73 Å². The van der Waals surface area contributed by atoms with Crippen LogP contribution in [0.3, 0.4) is 0 Å². The summed E-state index contributed by atoms with van der Waals surface area (Å²) in [6, 6.07) is 0. The molecule has 0 aliphatic carbocycles. The Morgan fingerprint density at radius 1 is 1.69 bits per heavy atom. The Bertz CT molecular complexity index is 274. The van der Waals surface area contributed by atoms with Gasteiger partial charge in [-0.2, -0.15) is 0 Å². The zero-order valence-electron chi connectivity index (χ0n) is 7.91. The Balaban J connectivity index is 2.43. The number of hydrogen-bond donors (Lipinski definition) is 1. The van der Waals surface area contributed by atoms with E-state index in [2.05, 4.69) is 4.98 Å². The fraction of sp³-hybridized carbons (Fsp3) is 0.556. The molecular formula is C9H14N2OS. The van der Waals surface area contributed by atoms with Crippen LogP contribution in [0.1, 0.15) is 25.3 Å². The van der Waals surface area contributed by atoms with Crippen molar-refractivity contribution >= 4 is 17.1 Å². The highest BCUT2D eigenvalue weighted by Gasteiger charge is 2.16. The second-order valence-electron chi connectivity index (χ2n) is 3.81. The molecule has 0 aromatic carbocycles. The van der Waals surface area contributed by atoms with E-state index in [4.69, 9.17) is 5.73 Å². The maximum atomic E-state index is 11.4. The molecule has 0 aliphatic heterocycles. The lowest BCUT2D eigenvalue weighted by atomic mass is 9.98. The van der Waals surface area contributed by atoms with Gasteiger partial charge in [0.15, 0.2) is 0 Å². The summed E-state index contributed by atoms with van der Waals surface area (Å²) in [5.74, 6) is 0.155. The number of ketones is 1. The minimum Gasteiger partial charge on any atom is -0.325 e. The zero-order valence-corrected chi connectivity index (χ0v) is 8.73. The highest BCUT2D eigenvalue weighted by atomic mass is 32.1. The van der Waals surface area contributed by atoms with Crippen molar-refractivity contribution in [2.75, 3.05) is 0 Å². The molecule has 0 aliphatic rings. The third-order valence-electron chi connectivity index (χ3n) is 1.48. The van der Waals surface area contributed by atoms with Crippen molar-refractivity contribution in [2.45, 2.75) is 32.2 Å². The van der Waals surface area contributed by atoms with Crippen molar-refractivity contribution < 1.29 is 4.79 Å². The molecule has 2 N–H and O–H groups in total. The minimum atomic E-state index is -0.408. The number of nitrogens with two attached hydrogens (primary N) is 1. The number of thiazole rings is 1. The average molecular weight is 198 g/mol. The number of rotatable bonds is 4. The zero-order chi connectivity index (χ0) is 9.90. The van der Waals surface area contributed by atoms with Gasteiger partial charge in [-0.05, 0) is 13.8 Å². The highest BCUT2D eigenvalue weighted by Crippen LogP contribution is 2.10. The SMILES string of the molecule is CC(C)(N)CC(=O)Cc1nccs1. The third kappa shape index (κ3) is 4.15. The van der Waals surface area contributed by atoms with Crippen LogP contribution in [0.4, 0.5) is 0 Å². The first-order valence-corrected chi connectivity index (χ1v) is 5.04. The van der Waals surface area contributed by atoms with Crippen LogP contribution in [0.15, 0.2) is 11.6 Å². The lowest BCUT2D eigenvalue weighted by Gasteiger charge is -2.16. The molecule has 72 valence electrons. The molecule has 0 saturated heterocycles. The number of carbonyl (C=O) groups excluding carboxylic acids is 1. The van der Waals surface area contributed by atoms with Crippen LogP contribution in [-0.4, -0.2) is 16.3 Å². The van der Waals surface area contributed by atoms with Gasteiger partial charge in [-0.25, -0.2) is 4.98 Å². The van der Waals surface area contributed by atoms with Crippen molar-refractivity contribution in [3.05, 3.63) is 16.6 Å². The molecular weight excluding hydrogens is 184 g/mol. The number of hydrogen-bond acceptors (Lipinski definition) is 4. The van der Waals surface area contributed by atoms with Gasteiger partial charge < -0.3 is 5.73 Å². The van der Waals surface area contributed by atoms with Crippen LogP contribution in [0.25, 0.3) is 0 Å². The van der Waals surface area contributed by atoms with Gasteiger partial charge in [-0.15, -0.1) is 11.3 Å². The summed E-state index contributed by atoms with van der Waals surface area (Å²) in [7, 11) is 0. The number of aromatic nitrogens is 1. The third-order valence-corrected chi connectivity index (χ3v) is 2.26. The smallest absolute Gasteiger partial charge is 0.141 e. The lowest BCUT2D eigenvalue weighted by Crippen LogP contribution is -2.35. The van der Waals surface area contributed by atoms with Crippen LogP contribution in [-0.2, 0) is 11.2 Å². The van der Waals surface area contributed by atoms with Crippen molar-refractivity contribution in [1.29, 1.82) is 0 Å². The van der Waals surface area contributed by atoms with E-state index in [-0.39, 0.29) is 5.78 Å². The highest BCUT2D eigenvalue weighted by molar-refractivity contribution is 7.09. The van der Waals surface area contributed by atoms with Gasteiger partial charge in [0.1, 0.15) is 5.78 Å². The van der Waals surface area contributed by atoms with Crippen LogP contribution < -0.4 is 5.73 Å². The van der Waals surface area contributed by atoms with E-state index >= 15 is 0 Å². The molecule has 0 radical (unpaired) electrons. The molecule has 0 atom stereocenters. The summed E-state index contributed by atoms with van der Waals surface area (Å²) in [6.45, 7) is 3.71. The number of Topliss-reactive ketones (excluding diaryl/α,β-unsaturated/α-hetero) is 1. The van der Waals surface area contributed by atoms with Crippen LogP contribution in [0, 0.1) is 0 Å². The van der Waals surface area contributed by atoms with Crippen molar-refractivity contribution in [3.8, 4) is 0 Å². The first kappa shape index (κ1) is 10.3. The van der Waals surface area contributed by atoms with E-state index in [0.717, 1.165) is 5.01 Å². The predicted molar refractivity (Wildman–Crippen MR) is 53.7 cm³/mol. The molecule has 0 bridgehead atoms. The molecule has 1 aromatic heterocycles. The van der Waals surface area contributed by atoms with E-state index < -0.39 is 5.54 Å². The van der Waals surface area contributed by atoms with Crippen molar-refractivity contribution in [1.82, 2.24) is 4.98 Å². The fourth-order valence-electron chi connectivity index (χ4n) is 1.08. The standard InChI is InChI=1S/C9H14N2OS/c1-9(2,10)6-7(12)5-8-11-3-4-13-8/h3-4H,5-6,10H2,1-2H3. The fourth-order valence-corrected chi connectivity index (χ4v) is 1.72. The van der Waals surface area contributed by atoms with Gasteiger partial charge >= 0.3 is 0 Å². The summed E-state index contributed by atoms with van der Waals surface area (Å²) < 4.78 is 0. The van der Waals surface area contributed by atoms with Gasteiger partial charge in [0.25, 0.3) is 0 Å². The average Bonchev–Trinajstić information content (AvgIpc) is 2.34. The Labute approximate surface area is 82.0 Å². The summed E-state index contributed by atoms with van der Waals surface area (Å²) >= 11 is 1.50. The van der Waals surface area contributed by atoms with E-state index in [1.54, 1.807) is 6.20 Å². The number of carbonyl (C=O) groups is 1. The summed E-state index contributed by atoms with van der Waals surface area (Å²) in [5, 5.41) is 2.74. The molecule has 1 aromatic rings. The minimum absolute atomic E-state index is 0.155. The molecule has 0 fully saturated rings. The molecule has 4 heteroatoms. The van der Waals surface area contributed by atoms with E-state index in [1.807, 2.05) is 19.2 Å². The molecule has 0 saturated carbocycles. The summed E-state index contributed by atoms with van der Waals surface area (Å²) in [5.41, 5.74) is 5.32. The maximum Gasteiger partial charge on any atom is 0.141 e. The van der Waals surface area contributed by atoms with Gasteiger partial charge in [-0.1, -0.05) is 0 Å². The van der Waals surface area contributed by atoms with E-state index in [0.29, 0.717) is 12.8 Å². The molecule has 13 heavy (non-hydrogen) atoms. The maximum absolute atomic E-state index is 11.4. The molecule has 1 rings (SSSR count). The normalized spacial score (nSPS) is 11.6. The molecule has 0 amide bonds. The van der Waals surface area contributed by atoms with E-state index in [9.17, 15) is 4.79 Å². The van der Waals surface area contributed by atoms with Gasteiger partial charge in [0.05, 0.1) is 11.4 Å². The van der Waals surface area contributed by atoms with Crippen LogP contribution in [0.2, 0.25) is 0 Å². The number of nitrogens with zero attached hydrogens (tertiary/aromatic N) is 1. The van der Waals surface area contributed by atoms with Crippen molar-refractivity contribution in [3.63, 3.8) is 0 Å². The van der Waals surface area contributed by atoms with Gasteiger partial charge in [0, 0.05) is 23.5 Å².